The summed E-state index contributed by atoms with van der Waals surface area (Å²) in [6.07, 6.45) is 0.190. The molecule has 3 atom stereocenters. The molecule has 0 aromatic carbocycles. The van der Waals surface area contributed by atoms with Crippen LogP contribution < -0.4 is 0 Å². The van der Waals surface area contributed by atoms with Gasteiger partial charge in [0.2, 0.25) is 0 Å². The molecule has 2 aliphatic rings. The third-order valence-electron chi connectivity index (χ3n) is 2.25. The highest BCUT2D eigenvalue weighted by molar-refractivity contribution is 5.96. The van der Waals surface area contributed by atoms with Gasteiger partial charge in [-0.2, -0.15) is 0 Å². The molecule has 0 aromatic rings. The first-order valence-electron chi connectivity index (χ1n) is 4.43. The quantitative estimate of drug-likeness (QED) is 0.387. The molecule has 0 radical (unpaired) electrons. The predicted octanol–water partition coefficient (Wildman–Crippen LogP) is 0.879. The summed E-state index contributed by atoms with van der Waals surface area (Å²) in [6.45, 7) is 7.15. The Morgan fingerprint density at radius 2 is 2.21 bits per heavy atom. The first-order valence-corrected chi connectivity index (χ1v) is 4.43. The van der Waals surface area contributed by atoms with Crippen molar-refractivity contribution in [3.8, 4) is 0 Å². The zero-order valence-electron chi connectivity index (χ0n) is 8.14. The van der Waals surface area contributed by atoms with Gasteiger partial charge in [-0.3, -0.25) is 0 Å². The Kier molecular flexibility index (Phi) is 2.10. The van der Waals surface area contributed by atoms with Gasteiger partial charge in [-0.25, -0.2) is 0 Å². The van der Waals surface area contributed by atoms with Gasteiger partial charge >= 0.3 is 0 Å². The molecule has 2 fully saturated rings. The van der Waals surface area contributed by atoms with Crippen LogP contribution in [-0.4, -0.2) is 35.2 Å². The van der Waals surface area contributed by atoms with Gasteiger partial charge in [-0.15, -0.1) is 6.58 Å². The van der Waals surface area contributed by atoms with Crippen LogP contribution in [0, 0.1) is 0 Å². The summed E-state index contributed by atoms with van der Waals surface area (Å²) in [5.74, 6) is -0.697. The maximum Gasteiger partial charge on any atom is 0.193 e. The van der Waals surface area contributed by atoms with E-state index in [0.29, 0.717) is 5.71 Å². The van der Waals surface area contributed by atoms with Crippen LogP contribution in [0.4, 0.5) is 0 Å². The van der Waals surface area contributed by atoms with E-state index in [1.165, 1.54) is 0 Å². The van der Waals surface area contributed by atoms with E-state index in [0.717, 1.165) is 0 Å². The monoisotopic (exact) mass is 199 g/mol. The second-order valence-electron chi connectivity index (χ2n) is 3.74. The number of oxime groups is 1. The molecule has 0 saturated carbocycles. The molecule has 2 aliphatic heterocycles. The minimum Gasteiger partial charge on any atom is -0.411 e. The van der Waals surface area contributed by atoms with E-state index in [2.05, 4.69) is 11.7 Å². The minimum absolute atomic E-state index is 0.413. The van der Waals surface area contributed by atoms with Crippen LogP contribution in [0.3, 0.4) is 0 Å². The van der Waals surface area contributed by atoms with E-state index in [1.807, 2.05) is 0 Å². The van der Waals surface area contributed by atoms with Crippen molar-refractivity contribution in [2.24, 2.45) is 5.16 Å². The Morgan fingerprint density at radius 1 is 1.50 bits per heavy atom. The minimum atomic E-state index is -0.697. The molecule has 14 heavy (non-hydrogen) atoms. The van der Waals surface area contributed by atoms with Crippen LogP contribution in [0.15, 0.2) is 17.8 Å². The molecule has 0 unspecified atom stereocenters. The Balaban J connectivity index is 2.22. The highest BCUT2D eigenvalue weighted by Crippen LogP contribution is 2.35. The van der Waals surface area contributed by atoms with Crippen molar-refractivity contribution >= 4 is 5.71 Å². The number of hydrogen-bond acceptors (Lipinski definition) is 5. The summed E-state index contributed by atoms with van der Waals surface area (Å²) in [7, 11) is 0. The Morgan fingerprint density at radius 3 is 2.79 bits per heavy atom. The summed E-state index contributed by atoms with van der Waals surface area (Å²) in [5, 5.41) is 12.0. The zero-order chi connectivity index (χ0) is 10.3. The molecule has 0 amide bonds. The van der Waals surface area contributed by atoms with Crippen LogP contribution in [-0.2, 0) is 14.2 Å². The molecular weight excluding hydrogens is 186 g/mol. The lowest BCUT2D eigenvalue weighted by molar-refractivity contribution is -0.193. The zero-order valence-corrected chi connectivity index (χ0v) is 8.14. The molecule has 2 heterocycles. The smallest absolute Gasteiger partial charge is 0.193 e. The van der Waals surface area contributed by atoms with Crippen LogP contribution >= 0.6 is 0 Å². The van der Waals surface area contributed by atoms with Gasteiger partial charge in [-0.05, 0) is 13.8 Å². The van der Waals surface area contributed by atoms with E-state index >= 15 is 0 Å². The van der Waals surface area contributed by atoms with Crippen molar-refractivity contribution in [3.63, 3.8) is 0 Å². The first kappa shape index (κ1) is 9.64. The summed E-state index contributed by atoms with van der Waals surface area (Å²) in [5.41, 5.74) is 0.413. The first-order chi connectivity index (χ1) is 6.57. The average Bonchev–Trinajstić information content (AvgIpc) is 2.55. The van der Waals surface area contributed by atoms with Gasteiger partial charge < -0.3 is 19.4 Å². The standard InChI is InChI=1S/C9H13NO4/c1-4-5-6(10-11)7-8(12-5)14-9(2,3)13-7/h4-5,7-8,11H,1H2,2-3H3/b10-6-/t5-,7-,8-/m1/s1. The average molecular weight is 199 g/mol. The molecule has 0 aliphatic carbocycles. The Bertz CT molecular complexity index is 287. The molecule has 0 aromatic heterocycles. The number of ether oxygens (including phenoxy) is 3. The summed E-state index contributed by atoms with van der Waals surface area (Å²) in [6, 6.07) is 0. The summed E-state index contributed by atoms with van der Waals surface area (Å²) < 4.78 is 16.4. The van der Waals surface area contributed by atoms with Crippen LogP contribution in [0.5, 0.6) is 0 Å². The van der Waals surface area contributed by atoms with Crippen molar-refractivity contribution in [1.29, 1.82) is 0 Å². The highest BCUT2D eigenvalue weighted by atomic mass is 16.8. The summed E-state index contributed by atoms with van der Waals surface area (Å²) >= 11 is 0. The maximum absolute atomic E-state index is 8.81. The lowest BCUT2D eigenvalue weighted by Crippen LogP contribution is -2.29. The molecule has 2 rings (SSSR count). The van der Waals surface area contributed by atoms with Gasteiger partial charge in [0.1, 0.15) is 11.8 Å². The van der Waals surface area contributed by atoms with Gasteiger partial charge in [0.25, 0.3) is 0 Å². The van der Waals surface area contributed by atoms with Gasteiger partial charge in [0, 0.05) is 0 Å². The number of nitrogens with zero attached hydrogens (tertiary/aromatic N) is 1. The van der Waals surface area contributed by atoms with Crippen LogP contribution in [0.25, 0.3) is 0 Å². The molecule has 2 saturated heterocycles. The number of fused-ring (bicyclic) bond motifs is 1. The Labute approximate surface area is 81.9 Å². The number of hydrogen-bond donors (Lipinski definition) is 1. The molecule has 78 valence electrons. The van der Waals surface area contributed by atoms with Crippen molar-refractivity contribution in [2.75, 3.05) is 0 Å². The highest BCUT2D eigenvalue weighted by Gasteiger charge is 2.52. The van der Waals surface area contributed by atoms with Crippen molar-refractivity contribution in [1.82, 2.24) is 0 Å². The van der Waals surface area contributed by atoms with Crippen LogP contribution in [0.1, 0.15) is 13.8 Å². The van der Waals surface area contributed by atoms with Crippen LogP contribution in [0.2, 0.25) is 0 Å². The molecule has 1 N–H and O–H groups in total. The maximum atomic E-state index is 8.81. The fourth-order valence-corrected chi connectivity index (χ4v) is 1.70. The Hall–Kier alpha value is -0.910. The third-order valence-corrected chi connectivity index (χ3v) is 2.25. The number of rotatable bonds is 1. The topological polar surface area (TPSA) is 60.3 Å². The van der Waals surface area contributed by atoms with Gasteiger partial charge in [0.05, 0.1) is 0 Å². The normalized spacial score (nSPS) is 42.7. The largest absolute Gasteiger partial charge is 0.411 e. The van der Waals surface area contributed by atoms with E-state index in [9.17, 15) is 0 Å². The van der Waals surface area contributed by atoms with Crippen molar-refractivity contribution in [2.45, 2.75) is 38.1 Å². The van der Waals surface area contributed by atoms with E-state index in [1.54, 1.807) is 19.9 Å². The molecular formula is C9H13NO4. The SMILES string of the molecule is C=C[C@H]1O[C@@H]2OC(C)(C)O[C@@H]2/C1=N\O. The van der Waals surface area contributed by atoms with Crippen molar-refractivity contribution < 1.29 is 19.4 Å². The molecule has 0 spiro atoms. The molecule has 5 nitrogen and oxygen atoms in total. The van der Waals surface area contributed by atoms with E-state index in [-0.39, 0.29) is 0 Å². The van der Waals surface area contributed by atoms with Gasteiger partial charge in [0.15, 0.2) is 18.2 Å². The van der Waals surface area contributed by atoms with E-state index < -0.39 is 24.3 Å². The fourth-order valence-electron chi connectivity index (χ4n) is 1.70. The lowest BCUT2D eigenvalue weighted by atomic mass is 10.1. The van der Waals surface area contributed by atoms with E-state index in [4.69, 9.17) is 19.4 Å². The summed E-state index contributed by atoms with van der Waals surface area (Å²) in [4.78, 5) is 0. The lowest BCUT2D eigenvalue weighted by Gasteiger charge is -2.19. The fraction of sp³-hybridized carbons (Fsp3) is 0.667. The van der Waals surface area contributed by atoms with Crippen molar-refractivity contribution in [3.05, 3.63) is 12.7 Å². The van der Waals surface area contributed by atoms with Gasteiger partial charge in [-0.1, -0.05) is 11.2 Å². The second kappa shape index (κ2) is 3.05. The second-order valence-corrected chi connectivity index (χ2v) is 3.74. The third kappa shape index (κ3) is 1.33. The molecule has 0 bridgehead atoms. The predicted molar refractivity (Wildman–Crippen MR) is 48.1 cm³/mol. The molecule has 5 heteroatoms.